The number of rotatable bonds is 4. The maximum absolute atomic E-state index is 12.9. The average molecular weight is 194 g/mol. The van der Waals surface area contributed by atoms with Crippen LogP contribution in [0.1, 0.15) is 27.2 Å². The molecule has 0 aromatic heterocycles. The van der Waals surface area contributed by atoms with E-state index in [1.807, 2.05) is 0 Å². The van der Waals surface area contributed by atoms with Crippen LogP contribution >= 0.6 is 0 Å². The average Bonchev–Trinajstić information content (AvgIpc) is 1.83. The van der Waals surface area contributed by atoms with E-state index in [1.165, 1.54) is 13.8 Å². The van der Waals surface area contributed by atoms with Crippen LogP contribution in [0, 0.1) is 5.41 Å². The molecule has 0 aromatic rings. The predicted octanol–water partition coefficient (Wildman–Crippen LogP) is 0.871. The maximum atomic E-state index is 12.9. The lowest BCUT2D eigenvalue weighted by atomic mass is 9.80. The Kier molecular flexibility index (Phi) is 3.38. The van der Waals surface area contributed by atoms with Crippen LogP contribution in [0.15, 0.2) is 0 Å². The van der Waals surface area contributed by atoms with Crippen molar-refractivity contribution in [3.05, 3.63) is 0 Å². The van der Waals surface area contributed by atoms with Gasteiger partial charge in [0.1, 0.15) is 0 Å². The van der Waals surface area contributed by atoms with E-state index in [0.717, 1.165) is 6.92 Å². The SMILES string of the molecule is CC(F)(F)C(C)(C)CC(N)C(N)=O. The van der Waals surface area contributed by atoms with E-state index < -0.39 is 23.3 Å². The topological polar surface area (TPSA) is 69.1 Å². The highest BCUT2D eigenvalue weighted by molar-refractivity contribution is 5.79. The first kappa shape index (κ1) is 12.3. The number of halogens is 2. The second-order valence-electron chi connectivity index (χ2n) is 3.99. The zero-order valence-electron chi connectivity index (χ0n) is 8.10. The summed E-state index contributed by atoms with van der Waals surface area (Å²) in [6, 6.07) is -1.01. The third kappa shape index (κ3) is 3.26. The van der Waals surface area contributed by atoms with E-state index in [2.05, 4.69) is 0 Å². The summed E-state index contributed by atoms with van der Waals surface area (Å²) in [5.41, 5.74) is 8.85. The van der Waals surface area contributed by atoms with Gasteiger partial charge in [0.15, 0.2) is 0 Å². The predicted molar refractivity (Wildman–Crippen MR) is 46.2 cm³/mol. The molecule has 4 N–H and O–H groups in total. The summed E-state index contributed by atoms with van der Waals surface area (Å²) in [5.74, 6) is -3.63. The van der Waals surface area contributed by atoms with Crippen LogP contribution in [-0.4, -0.2) is 17.9 Å². The zero-order chi connectivity index (χ0) is 10.9. The Bertz CT molecular complexity index is 199. The molecule has 5 heteroatoms. The number of alkyl halides is 2. The monoisotopic (exact) mass is 194 g/mol. The quantitative estimate of drug-likeness (QED) is 0.697. The van der Waals surface area contributed by atoms with Crippen molar-refractivity contribution in [2.75, 3.05) is 0 Å². The van der Waals surface area contributed by atoms with Crippen LogP contribution in [0.3, 0.4) is 0 Å². The number of primary amides is 1. The van der Waals surface area contributed by atoms with Crippen molar-refractivity contribution in [3.63, 3.8) is 0 Å². The summed E-state index contributed by atoms with van der Waals surface area (Å²) >= 11 is 0. The van der Waals surface area contributed by atoms with E-state index >= 15 is 0 Å². The van der Waals surface area contributed by atoms with Gasteiger partial charge >= 0.3 is 0 Å². The lowest BCUT2D eigenvalue weighted by Crippen LogP contribution is -2.44. The van der Waals surface area contributed by atoms with Crippen LogP contribution < -0.4 is 11.5 Å². The molecule has 0 saturated carbocycles. The highest BCUT2D eigenvalue weighted by Gasteiger charge is 2.43. The Morgan fingerprint density at radius 1 is 1.38 bits per heavy atom. The van der Waals surface area contributed by atoms with Gasteiger partial charge in [-0.05, 0) is 13.3 Å². The maximum Gasteiger partial charge on any atom is 0.250 e. The second kappa shape index (κ2) is 3.57. The van der Waals surface area contributed by atoms with Crippen molar-refractivity contribution in [1.82, 2.24) is 0 Å². The van der Waals surface area contributed by atoms with Gasteiger partial charge in [-0.15, -0.1) is 0 Å². The zero-order valence-corrected chi connectivity index (χ0v) is 8.10. The first-order chi connectivity index (χ1) is 5.58. The first-order valence-corrected chi connectivity index (χ1v) is 4.00. The third-order valence-electron chi connectivity index (χ3n) is 2.28. The van der Waals surface area contributed by atoms with Crippen LogP contribution in [0.5, 0.6) is 0 Å². The van der Waals surface area contributed by atoms with Crippen molar-refractivity contribution in [2.24, 2.45) is 16.9 Å². The van der Waals surface area contributed by atoms with Crippen molar-refractivity contribution in [1.29, 1.82) is 0 Å². The molecule has 13 heavy (non-hydrogen) atoms. The molecule has 0 aliphatic carbocycles. The molecule has 78 valence electrons. The summed E-state index contributed by atoms with van der Waals surface area (Å²) in [6.07, 6.45) is -0.119. The van der Waals surface area contributed by atoms with Crippen LogP contribution in [0.25, 0.3) is 0 Å². The molecule has 0 spiro atoms. The Hall–Kier alpha value is -0.710. The minimum atomic E-state index is -2.87. The molecule has 3 nitrogen and oxygen atoms in total. The summed E-state index contributed by atoms with van der Waals surface area (Å²) in [5, 5.41) is 0. The number of carbonyl (C=O) groups is 1. The first-order valence-electron chi connectivity index (χ1n) is 4.00. The summed E-state index contributed by atoms with van der Waals surface area (Å²) < 4.78 is 25.8. The molecule has 1 atom stereocenters. The number of nitrogens with two attached hydrogens (primary N) is 2. The summed E-state index contributed by atoms with van der Waals surface area (Å²) in [6.45, 7) is 3.52. The smallest absolute Gasteiger partial charge is 0.250 e. The molecule has 0 radical (unpaired) electrons. The van der Waals surface area contributed by atoms with Crippen molar-refractivity contribution < 1.29 is 13.6 Å². The number of hydrogen-bond acceptors (Lipinski definition) is 2. The lowest BCUT2D eigenvalue weighted by molar-refractivity contribution is -0.124. The molecule has 0 aromatic carbocycles. The van der Waals surface area contributed by atoms with Crippen molar-refractivity contribution in [2.45, 2.75) is 39.2 Å². The van der Waals surface area contributed by atoms with Gasteiger partial charge in [0.2, 0.25) is 11.8 Å². The summed E-state index contributed by atoms with van der Waals surface area (Å²) in [7, 11) is 0. The van der Waals surface area contributed by atoms with Crippen LogP contribution in [0.4, 0.5) is 8.78 Å². The fourth-order valence-electron chi connectivity index (χ4n) is 0.830. The van der Waals surface area contributed by atoms with Gasteiger partial charge in [0.05, 0.1) is 6.04 Å². The highest BCUT2D eigenvalue weighted by Crippen LogP contribution is 2.39. The second-order valence-corrected chi connectivity index (χ2v) is 3.99. The van der Waals surface area contributed by atoms with Crippen LogP contribution in [-0.2, 0) is 4.79 Å². The molecule has 0 heterocycles. The number of amides is 1. The number of carbonyl (C=O) groups excluding carboxylic acids is 1. The molecule has 0 aliphatic heterocycles. The Labute approximate surface area is 76.5 Å². The molecular weight excluding hydrogens is 178 g/mol. The van der Waals surface area contributed by atoms with Gasteiger partial charge in [0, 0.05) is 5.41 Å². The Morgan fingerprint density at radius 2 is 1.77 bits per heavy atom. The van der Waals surface area contributed by atoms with E-state index in [-0.39, 0.29) is 6.42 Å². The standard InChI is InChI=1S/C8H16F2N2O/c1-7(2,8(3,9)10)4-5(11)6(12)13/h5H,4,11H2,1-3H3,(H2,12,13). The molecule has 0 saturated heterocycles. The molecule has 0 bridgehead atoms. The van der Waals surface area contributed by atoms with Crippen molar-refractivity contribution in [3.8, 4) is 0 Å². The fraction of sp³-hybridized carbons (Fsp3) is 0.875. The molecular formula is C8H16F2N2O. The molecule has 1 unspecified atom stereocenters. The summed E-state index contributed by atoms with van der Waals surface area (Å²) in [4.78, 5) is 10.6. The van der Waals surface area contributed by atoms with Gasteiger partial charge in [-0.1, -0.05) is 13.8 Å². The molecule has 1 amide bonds. The normalized spacial score (nSPS) is 15.5. The molecule has 0 aliphatic rings. The third-order valence-corrected chi connectivity index (χ3v) is 2.28. The van der Waals surface area contributed by atoms with Crippen molar-refractivity contribution >= 4 is 5.91 Å². The van der Waals surface area contributed by atoms with Gasteiger partial charge in [-0.2, -0.15) is 0 Å². The van der Waals surface area contributed by atoms with Crippen LogP contribution in [0.2, 0.25) is 0 Å². The van der Waals surface area contributed by atoms with Gasteiger partial charge < -0.3 is 11.5 Å². The molecule has 0 fully saturated rings. The Balaban J connectivity index is 4.43. The van der Waals surface area contributed by atoms with E-state index in [4.69, 9.17) is 11.5 Å². The fourth-order valence-corrected chi connectivity index (χ4v) is 0.830. The lowest BCUT2D eigenvalue weighted by Gasteiger charge is -2.32. The Morgan fingerprint density at radius 3 is 2.00 bits per heavy atom. The van der Waals surface area contributed by atoms with Gasteiger partial charge in [-0.3, -0.25) is 4.79 Å². The minimum Gasteiger partial charge on any atom is -0.368 e. The van der Waals surface area contributed by atoms with Gasteiger partial charge in [0.25, 0.3) is 0 Å². The van der Waals surface area contributed by atoms with E-state index in [1.54, 1.807) is 0 Å². The molecule has 0 rings (SSSR count). The minimum absolute atomic E-state index is 0.119. The van der Waals surface area contributed by atoms with E-state index in [0.29, 0.717) is 0 Å². The highest BCUT2D eigenvalue weighted by atomic mass is 19.3. The van der Waals surface area contributed by atoms with E-state index in [9.17, 15) is 13.6 Å². The largest absolute Gasteiger partial charge is 0.368 e. The number of hydrogen-bond donors (Lipinski definition) is 2. The van der Waals surface area contributed by atoms with Gasteiger partial charge in [-0.25, -0.2) is 8.78 Å².